The molecule has 1 aromatic rings. The van der Waals surface area contributed by atoms with E-state index in [4.69, 9.17) is 13.6 Å². The lowest BCUT2D eigenvalue weighted by Crippen LogP contribution is -2.48. The highest BCUT2D eigenvalue weighted by molar-refractivity contribution is 6.74. The van der Waals surface area contributed by atoms with E-state index in [1.807, 2.05) is 0 Å². The van der Waals surface area contributed by atoms with E-state index in [0.717, 1.165) is 50.7 Å². The summed E-state index contributed by atoms with van der Waals surface area (Å²) in [4.78, 5) is 11.9. The quantitative estimate of drug-likeness (QED) is 0.156. The number of alkyl halides is 3. The summed E-state index contributed by atoms with van der Waals surface area (Å²) >= 11 is 0. The number of ether oxygens (including phenoxy) is 1. The van der Waals surface area contributed by atoms with Crippen LogP contribution in [0.5, 0.6) is 0 Å². The van der Waals surface area contributed by atoms with Crippen molar-refractivity contribution in [2.45, 2.75) is 194 Å². The second-order valence-corrected chi connectivity index (χ2v) is 29.9. The molecule has 306 valence electrons. The zero-order valence-corrected chi connectivity index (χ0v) is 38.0. The number of carbonyl (C=O) groups is 1. The Kier molecular flexibility index (Phi) is 14.2. The standard InChI is InChI=1S/C45H73F3O4Si2/c1-31(16-14-18-41(50-32(2)49)35-21-23-36(24-22-35)45(46,47)48)39-25-26-40-34(17-15-27-44(39,40)9)20-19-33-28-37(51-53(10,11)42(3,4)5)30-38(29-33)52-54(12,13)43(6,7)8/h19-24,31,37-41H,14-18,25-30H2,1-13H3/b34-20+/t31-,37-,38-,39-,40+,41?,44-/m1/s1. The van der Waals surface area contributed by atoms with Crippen molar-refractivity contribution in [3.8, 4) is 0 Å². The molecular weight excluding hydrogens is 718 g/mol. The van der Waals surface area contributed by atoms with Crippen LogP contribution in [0.4, 0.5) is 13.2 Å². The van der Waals surface area contributed by atoms with Gasteiger partial charge >= 0.3 is 12.1 Å². The van der Waals surface area contributed by atoms with Gasteiger partial charge in [-0.05, 0) is 141 Å². The molecule has 7 atom stereocenters. The molecule has 3 aliphatic rings. The SMILES string of the molecule is CC(=O)OC(CCC[C@@H](C)[C@H]1CC[C@H]2/C(=C/C=C3C[C@@H](O[Si](C)(C)C(C)(C)C)C[C@H](O[Si](C)(C)C(C)(C)C)C3)CCC[C@]12C)c1ccc(C(F)(F)F)cc1. The fourth-order valence-electron chi connectivity index (χ4n) is 9.28. The van der Waals surface area contributed by atoms with Gasteiger partial charge in [0, 0.05) is 6.92 Å². The van der Waals surface area contributed by atoms with Crippen molar-refractivity contribution < 1.29 is 31.6 Å². The Hall–Kier alpha value is -1.69. The average Bonchev–Trinajstić information content (AvgIpc) is 3.38. The fourth-order valence-corrected chi connectivity index (χ4v) is 12.0. The smallest absolute Gasteiger partial charge is 0.416 e. The summed E-state index contributed by atoms with van der Waals surface area (Å²) in [5, 5.41) is 0.315. The average molecular weight is 791 g/mol. The van der Waals surface area contributed by atoms with Gasteiger partial charge in [0.05, 0.1) is 17.8 Å². The molecule has 0 saturated heterocycles. The van der Waals surface area contributed by atoms with Crippen LogP contribution in [0.2, 0.25) is 36.3 Å². The molecule has 0 radical (unpaired) electrons. The van der Waals surface area contributed by atoms with Crippen molar-refractivity contribution in [1.82, 2.24) is 0 Å². The van der Waals surface area contributed by atoms with E-state index in [9.17, 15) is 18.0 Å². The lowest BCUT2D eigenvalue weighted by Gasteiger charge is -2.45. The zero-order chi connectivity index (χ0) is 40.5. The summed E-state index contributed by atoms with van der Waals surface area (Å²) in [6.07, 6.45) is 11.8. The Morgan fingerprint density at radius 1 is 0.889 bits per heavy atom. The maximum absolute atomic E-state index is 13.2. The van der Waals surface area contributed by atoms with Crippen molar-refractivity contribution in [2.24, 2.45) is 23.2 Å². The summed E-state index contributed by atoms with van der Waals surface area (Å²) in [7, 11) is -3.89. The molecule has 4 rings (SSSR count). The number of esters is 1. The van der Waals surface area contributed by atoms with Crippen molar-refractivity contribution in [3.05, 3.63) is 58.7 Å². The summed E-state index contributed by atoms with van der Waals surface area (Å²) in [5.41, 5.74) is 3.24. The van der Waals surface area contributed by atoms with E-state index in [0.29, 0.717) is 29.7 Å². The second-order valence-electron chi connectivity index (χ2n) is 20.4. The molecule has 1 aromatic carbocycles. The van der Waals surface area contributed by atoms with Gasteiger partial charge in [0.1, 0.15) is 6.10 Å². The number of benzene rings is 1. The zero-order valence-electron chi connectivity index (χ0n) is 36.0. The van der Waals surface area contributed by atoms with Crippen molar-refractivity contribution in [1.29, 1.82) is 0 Å². The van der Waals surface area contributed by atoms with E-state index < -0.39 is 40.4 Å². The Balaban J connectivity index is 1.46. The molecule has 54 heavy (non-hydrogen) atoms. The lowest BCUT2D eigenvalue weighted by molar-refractivity contribution is -0.147. The maximum Gasteiger partial charge on any atom is 0.416 e. The first-order chi connectivity index (χ1) is 24.7. The van der Waals surface area contributed by atoms with Crippen LogP contribution in [-0.4, -0.2) is 34.8 Å². The number of hydrogen-bond acceptors (Lipinski definition) is 4. The molecule has 0 amide bonds. The first-order valence-electron chi connectivity index (χ1n) is 20.8. The van der Waals surface area contributed by atoms with Gasteiger partial charge in [-0.15, -0.1) is 0 Å². The van der Waals surface area contributed by atoms with Crippen molar-refractivity contribution >= 4 is 22.6 Å². The highest BCUT2D eigenvalue weighted by atomic mass is 28.4. The molecule has 0 N–H and O–H groups in total. The summed E-state index contributed by atoms with van der Waals surface area (Å²) < 4.78 is 59.3. The number of fused-ring (bicyclic) bond motifs is 1. The molecule has 0 heterocycles. The van der Waals surface area contributed by atoms with Gasteiger partial charge in [0.25, 0.3) is 0 Å². The normalized spacial score (nSPS) is 27.8. The van der Waals surface area contributed by atoms with E-state index in [-0.39, 0.29) is 27.7 Å². The summed E-state index contributed by atoms with van der Waals surface area (Å²) in [6.45, 7) is 29.7. The monoisotopic (exact) mass is 790 g/mol. The molecule has 0 aromatic heterocycles. The van der Waals surface area contributed by atoms with Crippen LogP contribution in [0.25, 0.3) is 0 Å². The van der Waals surface area contributed by atoms with Gasteiger partial charge in [0.15, 0.2) is 16.6 Å². The fraction of sp³-hybridized carbons (Fsp3) is 0.756. The molecule has 1 unspecified atom stereocenters. The summed E-state index contributed by atoms with van der Waals surface area (Å²) in [5.74, 6) is 1.28. The maximum atomic E-state index is 13.2. The van der Waals surface area contributed by atoms with Gasteiger partial charge in [-0.25, -0.2) is 0 Å². The van der Waals surface area contributed by atoms with Gasteiger partial charge < -0.3 is 13.6 Å². The van der Waals surface area contributed by atoms with Gasteiger partial charge in [-0.1, -0.05) is 97.2 Å². The third-order valence-electron chi connectivity index (χ3n) is 14.3. The molecule has 0 spiro atoms. The van der Waals surface area contributed by atoms with Gasteiger partial charge in [-0.3, -0.25) is 4.79 Å². The molecular formula is C45H73F3O4Si2. The van der Waals surface area contributed by atoms with Crippen LogP contribution in [0.15, 0.2) is 47.6 Å². The van der Waals surface area contributed by atoms with Gasteiger partial charge in [0.2, 0.25) is 0 Å². The van der Waals surface area contributed by atoms with Crippen LogP contribution in [0.3, 0.4) is 0 Å². The molecule has 0 bridgehead atoms. The Morgan fingerprint density at radius 2 is 1.44 bits per heavy atom. The van der Waals surface area contributed by atoms with Crippen LogP contribution in [-0.2, 0) is 24.6 Å². The minimum atomic E-state index is -4.40. The highest BCUT2D eigenvalue weighted by Crippen LogP contribution is 2.60. The van der Waals surface area contributed by atoms with E-state index in [1.54, 1.807) is 5.57 Å². The van der Waals surface area contributed by atoms with Crippen molar-refractivity contribution in [2.75, 3.05) is 0 Å². The second kappa shape index (κ2) is 17.0. The largest absolute Gasteiger partial charge is 0.458 e. The Bertz CT molecular complexity index is 1450. The molecule has 3 saturated carbocycles. The van der Waals surface area contributed by atoms with E-state index in [2.05, 4.69) is 93.7 Å². The van der Waals surface area contributed by atoms with Crippen LogP contribution in [0.1, 0.15) is 150 Å². The predicted molar refractivity (Wildman–Crippen MR) is 221 cm³/mol. The molecule has 0 aliphatic heterocycles. The van der Waals surface area contributed by atoms with Gasteiger partial charge in [-0.2, -0.15) is 13.2 Å². The third kappa shape index (κ3) is 11.0. The van der Waals surface area contributed by atoms with Crippen LogP contribution < -0.4 is 0 Å². The van der Waals surface area contributed by atoms with E-state index in [1.165, 1.54) is 50.3 Å². The molecule has 4 nitrogen and oxygen atoms in total. The van der Waals surface area contributed by atoms with E-state index >= 15 is 0 Å². The minimum Gasteiger partial charge on any atom is -0.458 e. The minimum absolute atomic E-state index is 0.158. The first-order valence-corrected chi connectivity index (χ1v) is 26.6. The topological polar surface area (TPSA) is 44.8 Å². The Morgan fingerprint density at radius 3 is 1.94 bits per heavy atom. The third-order valence-corrected chi connectivity index (χ3v) is 23.4. The Labute approximate surface area is 328 Å². The van der Waals surface area contributed by atoms with Crippen LogP contribution >= 0.6 is 0 Å². The number of halogens is 3. The molecule has 9 heteroatoms. The number of hydrogen-bond donors (Lipinski definition) is 0. The highest BCUT2D eigenvalue weighted by Gasteiger charge is 2.50. The molecule has 3 aliphatic carbocycles. The summed E-state index contributed by atoms with van der Waals surface area (Å²) in [6, 6.07) is 5.05. The predicted octanol–water partition coefficient (Wildman–Crippen LogP) is 14.1. The van der Waals surface area contributed by atoms with Crippen molar-refractivity contribution in [3.63, 3.8) is 0 Å². The van der Waals surface area contributed by atoms with Crippen LogP contribution in [0, 0.1) is 23.2 Å². The molecule has 3 fully saturated rings. The number of allylic oxidation sites excluding steroid dienone is 3. The lowest BCUT2D eigenvalue weighted by atomic mass is 9.60. The number of carbonyl (C=O) groups excluding carboxylic acids is 1. The first kappa shape index (κ1) is 45.0. The number of rotatable bonds is 12.